The number of fused-ring (bicyclic) bond motifs is 4. The molecular weight excluding hydrogens is 376 g/mol. The molecule has 5 nitrogen and oxygen atoms in total. The summed E-state index contributed by atoms with van der Waals surface area (Å²) in [5, 5.41) is 10.6. The van der Waals surface area contributed by atoms with Crippen LogP contribution in [0.2, 0.25) is 0 Å². The van der Waals surface area contributed by atoms with E-state index in [0.717, 1.165) is 44.2 Å². The van der Waals surface area contributed by atoms with Gasteiger partial charge in [0.15, 0.2) is 0 Å². The first kappa shape index (κ1) is 21.2. The fourth-order valence-electron chi connectivity index (χ4n) is 6.38. The molecule has 2 atom stereocenters. The highest BCUT2D eigenvalue weighted by Gasteiger charge is 2.57. The van der Waals surface area contributed by atoms with Gasteiger partial charge in [0.2, 0.25) is 11.8 Å². The second kappa shape index (κ2) is 7.28. The second-order valence-corrected chi connectivity index (χ2v) is 10.6. The smallest absolute Gasteiger partial charge is 0.225 e. The van der Waals surface area contributed by atoms with E-state index >= 15 is 0 Å². The highest BCUT2D eigenvalue weighted by molar-refractivity contribution is 5.81. The zero-order valence-corrected chi connectivity index (χ0v) is 19.1. The van der Waals surface area contributed by atoms with Crippen molar-refractivity contribution < 1.29 is 14.7 Å². The molecule has 1 N–H and O–H groups in total. The minimum atomic E-state index is -0.0696. The normalized spacial score (nSPS) is 32.3. The Labute approximate surface area is 180 Å². The highest BCUT2D eigenvalue weighted by Crippen LogP contribution is 2.57. The van der Waals surface area contributed by atoms with Crippen LogP contribution < -0.4 is 0 Å². The molecule has 0 unspecified atom stereocenters. The van der Waals surface area contributed by atoms with Crippen LogP contribution in [0.5, 0.6) is 5.75 Å². The summed E-state index contributed by atoms with van der Waals surface area (Å²) in [6.07, 6.45) is 4.82. The van der Waals surface area contributed by atoms with E-state index in [9.17, 15) is 14.7 Å². The van der Waals surface area contributed by atoms with Crippen LogP contribution in [0.3, 0.4) is 0 Å². The summed E-state index contributed by atoms with van der Waals surface area (Å²) in [4.78, 5) is 29.7. The Kier molecular flexibility index (Phi) is 5.14. The van der Waals surface area contributed by atoms with Crippen molar-refractivity contribution in [3.8, 4) is 5.75 Å². The Bertz CT molecular complexity index is 854. The summed E-state index contributed by atoms with van der Waals surface area (Å²) >= 11 is 0. The van der Waals surface area contributed by atoms with Gasteiger partial charge in [-0.1, -0.05) is 32.9 Å². The van der Waals surface area contributed by atoms with Gasteiger partial charge in [-0.05, 0) is 61.1 Å². The van der Waals surface area contributed by atoms with Gasteiger partial charge in [-0.3, -0.25) is 9.59 Å². The molecule has 1 saturated carbocycles. The number of phenolic OH excluding ortho intramolecular Hbond substituents is 1. The predicted molar refractivity (Wildman–Crippen MR) is 117 cm³/mol. The second-order valence-electron chi connectivity index (χ2n) is 10.6. The van der Waals surface area contributed by atoms with Gasteiger partial charge < -0.3 is 14.9 Å². The topological polar surface area (TPSA) is 60.9 Å². The van der Waals surface area contributed by atoms with Crippen LogP contribution in [0.4, 0.5) is 0 Å². The maximum atomic E-state index is 13.6. The number of carbonyl (C=O) groups excluding carboxylic acids is 2. The average Bonchev–Trinajstić information content (AvgIpc) is 2.70. The molecule has 1 heterocycles. The van der Waals surface area contributed by atoms with Gasteiger partial charge in [0, 0.05) is 43.9 Å². The van der Waals surface area contributed by atoms with Gasteiger partial charge in [0.25, 0.3) is 0 Å². The Morgan fingerprint density at radius 1 is 1.07 bits per heavy atom. The zero-order valence-electron chi connectivity index (χ0n) is 19.1. The van der Waals surface area contributed by atoms with Crippen LogP contribution in [0, 0.1) is 17.3 Å². The third-order valence-electron chi connectivity index (χ3n) is 8.78. The van der Waals surface area contributed by atoms with Crippen molar-refractivity contribution in [2.45, 2.75) is 70.8 Å². The minimum Gasteiger partial charge on any atom is -0.508 e. The molecule has 2 bridgehead atoms. The third-order valence-corrected chi connectivity index (χ3v) is 8.78. The molecule has 0 radical (unpaired) electrons. The minimum absolute atomic E-state index is 0.0159. The summed E-state index contributed by atoms with van der Waals surface area (Å²) in [7, 11) is 3.62. The summed E-state index contributed by atoms with van der Waals surface area (Å²) in [5.41, 5.74) is 2.14. The van der Waals surface area contributed by atoms with Crippen LogP contribution in [-0.2, 0) is 21.4 Å². The number of carbonyl (C=O) groups is 2. The molecule has 2 amide bonds. The molecular formula is C25H36N2O3. The molecule has 0 aromatic heterocycles. The SMILES string of the molecule is CN(C)C(=O)C1CCC(C(=O)N2CC[C@@]3(C)c4cccc(O)c4C[C@@H]2C3(C)C)CC1. The van der Waals surface area contributed by atoms with Gasteiger partial charge in [-0.15, -0.1) is 0 Å². The molecule has 0 spiro atoms. The van der Waals surface area contributed by atoms with E-state index in [2.05, 4.69) is 31.7 Å². The number of benzene rings is 1. The van der Waals surface area contributed by atoms with E-state index in [4.69, 9.17) is 0 Å². The van der Waals surface area contributed by atoms with E-state index in [-0.39, 0.29) is 40.5 Å². The fourth-order valence-corrected chi connectivity index (χ4v) is 6.38. The molecule has 30 heavy (non-hydrogen) atoms. The summed E-state index contributed by atoms with van der Waals surface area (Å²) in [6, 6.07) is 5.96. The number of likely N-dealkylation sites (tertiary alicyclic amines) is 1. The van der Waals surface area contributed by atoms with Crippen LogP contribution in [-0.4, -0.2) is 53.4 Å². The zero-order chi connectivity index (χ0) is 21.8. The molecule has 1 aliphatic heterocycles. The number of phenols is 1. The first-order chi connectivity index (χ1) is 14.1. The average molecular weight is 413 g/mol. The number of hydrogen-bond acceptors (Lipinski definition) is 3. The van der Waals surface area contributed by atoms with Gasteiger partial charge >= 0.3 is 0 Å². The Balaban J connectivity index is 1.56. The van der Waals surface area contributed by atoms with Crippen molar-refractivity contribution in [3.63, 3.8) is 0 Å². The summed E-state index contributed by atoms with van der Waals surface area (Å²) < 4.78 is 0. The van der Waals surface area contributed by atoms with Crippen molar-refractivity contribution in [3.05, 3.63) is 29.3 Å². The number of hydrogen-bond donors (Lipinski definition) is 1. The van der Waals surface area contributed by atoms with Crippen LogP contribution in [0.1, 0.15) is 64.0 Å². The predicted octanol–water partition coefficient (Wildman–Crippen LogP) is 3.73. The molecule has 2 fully saturated rings. The molecule has 2 aliphatic carbocycles. The Morgan fingerprint density at radius 3 is 2.33 bits per heavy atom. The van der Waals surface area contributed by atoms with Crippen LogP contribution >= 0.6 is 0 Å². The van der Waals surface area contributed by atoms with Crippen molar-refractivity contribution in [2.75, 3.05) is 20.6 Å². The van der Waals surface area contributed by atoms with Crippen molar-refractivity contribution in [2.24, 2.45) is 17.3 Å². The maximum Gasteiger partial charge on any atom is 0.225 e. The Hall–Kier alpha value is -2.04. The molecule has 3 aliphatic rings. The maximum absolute atomic E-state index is 13.6. The molecule has 164 valence electrons. The number of nitrogens with zero attached hydrogens (tertiary/aromatic N) is 2. The van der Waals surface area contributed by atoms with E-state index in [1.165, 1.54) is 5.56 Å². The number of piperidine rings is 1. The largest absolute Gasteiger partial charge is 0.508 e. The molecule has 1 aromatic rings. The third kappa shape index (κ3) is 3.04. The van der Waals surface area contributed by atoms with E-state index < -0.39 is 0 Å². The number of rotatable bonds is 2. The number of amides is 2. The Morgan fingerprint density at radius 2 is 1.70 bits per heavy atom. The molecule has 5 heteroatoms. The first-order valence-electron chi connectivity index (χ1n) is 11.4. The van der Waals surface area contributed by atoms with Gasteiger partial charge in [-0.2, -0.15) is 0 Å². The number of aromatic hydroxyl groups is 1. The standard InChI is InChI=1S/C25H36N2O3/c1-24(2)21-15-18-19(7-6-8-20(18)28)25(24,3)13-14-27(21)23(30)17-11-9-16(10-12-17)22(29)26(4)5/h6-8,16-17,21,28H,9-15H2,1-5H3/t16?,17?,21-,25+/m1/s1. The molecule has 4 rings (SSSR count). The van der Waals surface area contributed by atoms with Crippen molar-refractivity contribution >= 4 is 11.8 Å². The lowest BCUT2D eigenvalue weighted by atomic mass is 9.51. The highest BCUT2D eigenvalue weighted by atomic mass is 16.3. The molecule has 1 aromatic carbocycles. The van der Waals surface area contributed by atoms with Crippen molar-refractivity contribution in [1.82, 2.24) is 9.80 Å². The van der Waals surface area contributed by atoms with Crippen LogP contribution in [0.25, 0.3) is 0 Å². The molecule has 1 saturated heterocycles. The lowest BCUT2D eigenvalue weighted by Crippen LogP contribution is -2.65. The van der Waals surface area contributed by atoms with Crippen LogP contribution in [0.15, 0.2) is 18.2 Å². The van der Waals surface area contributed by atoms with Gasteiger partial charge in [0.1, 0.15) is 5.75 Å². The van der Waals surface area contributed by atoms with Gasteiger partial charge in [0.05, 0.1) is 0 Å². The monoisotopic (exact) mass is 412 g/mol. The first-order valence-corrected chi connectivity index (χ1v) is 11.4. The quantitative estimate of drug-likeness (QED) is 0.805. The lowest BCUT2D eigenvalue weighted by Gasteiger charge is -2.61. The van der Waals surface area contributed by atoms with E-state index in [1.807, 2.05) is 20.2 Å². The lowest BCUT2D eigenvalue weighted by molar-refractivity contribution is -0.150. The van der Waals surface area contributed by atoms with Gasteiger partial charge in [-0.25, -0.2) is 0 Å². The fraction of sp³-hybridized carbons (Fsp3) is 0.680. The summed E-state index contributed by atoms with van der Waals surface area (Å²) in [6.45, 7) is 7.65. The van der Waals surface area contributed by atoms with E-state index in [0.29, 0.717) is 12.2 Å². The van der Waals surface area contributed by atoms with E-state index in [1.54, 1.807) is 11.0 Å². The summed E-state index contributed by atoms with van der Waals surface area (Å²) in [5.74, 6) is 0.877. The van der Waals surface area contributed by atoms with Crippen molar-refractivity contribution in [1.29, 1.82) is 0 Å².